The second-order valence-electron chi connectivity index (χ2n) is 3.01. The van der Waals surface area contributed by atoms with Gasteiger partial charge in [0.15, 0.2) is 10.8 Å². The number of hydrogen-bond acceptors (Lipinski definition) is 4. The molecule has 2 aromatic rings. The summed E-state index contributed by atoms with van der Waals surface area (Å²) in [6.45, 7) is 1.62. The van der Waals surface area contributed by atoms with Gasteiger partial charge >= 0.3 is 5.97 Å². The van der Waals surface area contributed by atoms with Crippen LogP contribution in [0.4, 0.5) is 0 Å². The topological polar surface area (TPSA) is 67.5 Å². The summed E-state index contributed by atoms with van der Waals surface area (Å²) in [7, 11) is 0. The van der Waals surface area contributed by atoms with Gasteiger partial charge in [-0.1, -0.05) is 17.8 Å². The van der Waals surface area contributed by atoms with Crippen LogP contribution in [-0.4, -0.2) is 30.9 Å². The fraction of sp³-hybridized carbons (Fsp3) is 0.222. The molecular weight excluding hydrogens is 214 g/mol. The fourth-order valence-electron chi connectivity index (χ4n) is 1.11. The molecule has 1 N–H and O–H groups in total. The number of carbonyl (C=O) groups is 1. The molecule has 0 saturated carbocycles. The highest BCUT2D eigenvalue weighted by Crippen LogP contribution is 2.21. The third kappa shape index (κ3) is 1.94. The lowest BCUT2D eigenvalue weighted by molar-refractivity contribution is -0.136. The van der Waals surface area contributed by atoms with Crippen LogP contribution < -0.4 is 0 Å². The van der Waals surface area contributed by atoms with E-state index >= 15 is 0 Å². The summed E-state index contributed by atoms with van der Waals surface area (Å²) in [6.07, 6.45) is 1.81. The summed E-state index contributed by atoms with van der Waals surface area (Å²) in [4.78, 5) is 10.7. The first-order valence-corrected chi connectivity index (χ1v) is 5.25. The number of nitrogens with zero attached hydrogens (tertiary/aromatic N) is 3. The zero-order valence-electron chi connectivity index (χ0n) is 7.99. The van der Waals surface area contributed by atoms with E-state index in [-0.39, 0.29) is 0 Å². The normalized spacial score (nSPS) is 12.9. The maximum atomic E-state index is 10.7. The molecule has 0 aliphatic heterocycles. The molecule has 0 saturated heterocycles. The van der Waals surface area contributed by atoms with Gasteiger partial charge in [-0.2, -0.15) is 0 Å². The van der Waals surface area contributed by atoms with Crippen LogP contribution in [0.1, 0.15) is 6.92 Å². The Morgan fingerprint density at radius 3 is 3.07 bits per heavy atom. The van der Waals surface area contributed by atoms with Gasteiger partial charge < -0.3 is 5.11 Å². The molecular formula is C9H9N3O2S. The van der Waals surface area contributed by atoms with E-state index in [0.717, 1.165) is 5.65 Å². The van der Waals surface area contributed by atoms with Gasteiger partial charge in [0.25, 0.3) is 0 Å². The minimum Gasteiger partial charge on any atom is -0.480 e. The smallest absolute Gasteiger partial charge is 0.316 e. The van der Waals surface area contributed by atoms with E-state index in [0.29, 0.717) is 5.16 Å². The van der Waals surface area contributed by atoms with E-state index in [1.807, 2.05) is 24.4 Å². The molecule has 1 atom stereocenters. The first kappa shape index (κ1) is 9.97. The van der Waals surface area contributed by atoms with E-state index in [2.05, 4.69) is 10.2 Å². The van der Waals surface area contributed by atoms with Crippen LogP contribution in [-0.2, 0) is 4.79 Å². The predicted molar refractivity (Wildman–Crippen MR) is 55.9 cm³/mol. The SMILES string of the molecule is CC(Sc1nnc2ccccn12)C(=O)O. The summed E-state index contributed by atoms with van der Waals surface area (Å²) in [5, 5.41) is 16.7. The molecule has 6 heteroatoms. The second-order valence-corrected chi connectivity index (χ2v) is 4.32. The van der Waals surface area contributed by atoms with Crippen LogP contribution in [0.5, 0.6) is 0 Å². The van der Waals surface area contributed by atoms with Crippen molar-refractivity contribution in [3.8, 4) is 0 Å². The Balaban J connectivity index is 2.32. The monoisotopic (exact) mass is 223 g/mol. The summed E-state index contributed by atoms with van der Waals surface area (Å²) >= 11 is 1.18. The van der Waals surface area contributed by atoms with Gasteiger partial charge in [0.2, 0.25) is 0 Å². The highest BCUT2D eigenvalue weighted by atomic mass is 32.2. The average molecular weight is 223 g/mol. The lowest BCUT2D eigenvalue weighted by Crippen LogP contribution is -2.11. The molecule has 1 unspecified atom stereocenters. The van der Waals surface area contributed by atoms with Gasteiger partial charge in [-0.3, -0.25) is 9.20 Å². The molecule has 2 aromatic heterocycles. The number of carboxylic acid groups (broad SMARTS) is 1. The van der Waals surface area contributed by atoms with E-state index in [4.69, 9.17) is 5.11 Å². The number of carboxylic acids is 1. The predicted octanol–water partition coefficient (Wildman–Crippen LogP) is 1.29. The molecule has 78 valence electrons. The van der Waals surface area contributed by atoms with E-state index in [1.54, 1.807) is 11.3 Å². The van der Waals surface area contributed by atoms with Gasteiger partial charge in [0, 0.05) is 6.20 Å². The van der Waals surface area contributed by atoms with Crippen LogP contribution in [0.2, 0.25) is 0 Å². The fourth-order valence-corrected chi connectivity index (χ4v) is 1.88. The standard InChI is InChI=1S/C9H9N3O2S/c1-6(8(13)14)15-9-11-10-7-4-2-3-5-12(7)9/h2-6H,1H3,(H,13,14). The van der Waals surface area contributed by atoms with Crippen LogP contribution in [0, 0.1) is 0 Å². The minimum absolute atomic E-state index is 0.530. The van der Waals surface area contributed by atoms with E-state index in [1.165, 1.54) is 11.8 Å². The number of pyridine rings is 1. The molecule has 2 rings (SSSR count). The first-order valence-electron chi connectivity index (χ1n) is 4.37. The molecule has 0 radical (unpaired) electrons. The molecule has 5 nitrogen and oxygen atoms in total. The number of aliphatic carboxylic acids is 1. The van der Waals surface area contributed by atoms with Crippen LogP contribution in [0.15, 0.2) is 29.6 Å². The van der Waals surface area contributed by atoms with E-state index in [9.17, 15) is 4.79 Å². The van der Waals surface area contributed by atoms with Gasteiger partial charge in [-0.05, 0) is 19.1 Å². The van der Waals surface area contributed by atoms with Gasteiger partial charge in [-0.25, -0.2) is 0 Å². The van der Waals surface area contributed by atoms with Crippen LogP contribution in [0.25, 0.3) is 5.65 Å². The summed E-state index contributed by atoms with van der Waals surface area (Å²) in [5.41, 5.74) is 0.720. The van der Waals surface area contributed by atoms with Gasteiger partial charge in [0.05, 0.1) is 0 Å². The van der Waals surface area contributed by atoms with Gasteiger partial charge in [-0.15, -0.1) is 10.2 Å². The van der Waals surface area contributed by atoms with Crippen molar-refractivity contribution in [2.24, 2.45) is 0 Å². The zero-order valence-corrected chi connectivity index (χ0v) is 8.81. The Hall–Kier alpha value is -1.56. The molecule has 2 heterocycles. The zero-order chi connectivity index (χ0) is 10.8. The summed E-state index contributed by atoms with van der Waals surface area (Å²) in [5.74, 6) is -0.854. The van der Waals surface area contributed by atoms with Crippen molar-refractivity contribution in [2.45, 2.75) is 17.3 Å². The molecule has 0 aliphatic carbocycles. The molecule has 15 heavy (non-hydrogen) atoms. The quantitative estimate of drug-likeness (QED) is 0.794. The molecule has 0 spiro atoms. The van der Waals surface area contributed by atoms with Crippen molar-refractivity contribution in [1.29, 1.82) is 0 Å². The highest BCUT2D eigenvalue weighted by Gasteiger charge is 2.16. The third-order valence-electron chi connectivity index (χ3n) is 1.91. The average Bonchev–Trinajstić information content (AvgIpc) is 2.62. The molecule has 0 fully saturated rings. The summed E-state index contributed by atoms with van der Waals surface area (Å²) < 4.78 is 1.77. The molecule has 0 amide bonds. The molecule has 0 bridgehead atoms. The number of hydrogen-bond donors (Lipinski definition) is 1. The lowest BCUT2D eigenvalue weighted by atomic mass is 10.5. The van der Waals surface area contributed by atoms with Crippen molar-refractivity contribution < 1.29 is 9.90 Å². The Morgan fingerprint density at radius 2 is 2.33 bits per heavy atom. The Labute approximate surface area is 90.1 Å². The van der Waals surface area contributed by atoms with Crippen molar-refractivity contribution in [3.63, 3.8) is 0 Å². The van der Waals surface area contributed by atoms with Crippen molar-refractivity contribution in [2.75, 3.05) is 0 Å². The lowest BCUT2D eigenvalue weighted by Gasteiger charge is -2.03. The van der Waals surface area contributed by atoms with Crippen LogP contribution in [0.3, 0.4) is 0 Å². The Bertz CT molecular complexity index is 497. The Morgan fingerprint density at radius 1 is 1.53 bits per heavy atom. The van der Waals surface area contributed by atoms with Crippen molar-refractivity contribution in [3.05, 3.63) is 24.4 Å². The molecule has 0 aromatic carbocycles. The van der Waals surface area contributed by atoms with Crippen LogP contribution >= 0.6 is 11.8 Å². The highest BCUT2D eigenvalue weighted by molar-refractivity contribution is 8.00. The number of rotatable bonds is 3. The Kier molecular flexibility index (Phi) is 2.59. The second kappa shape index (κ2) is 3.90. The molecule has 0 aliphatic rings. The van der Waals surface area contributed by atoms with E-state index < -0.39 is 11.2 Å². The first-order chi connectivity index (χ1) is 7.18. The largest absolute Gasteiger partial charge is 0.480 e. The van der Waals surface area contributed by atoms with Crippen molar-refractivity contribution in [1.82, 2.24) is 14.6 Å². The number of fused-ring (bicyclic) bond motifs is 1. The maximum Gasteiger partial charge on any atom is 0.316 e. The number of thioether (sulfide) groups is 1. The summed E-state index contributed by atoms with van der Waals surface area (Å²) in [6, 6.07) is 5.54. The number of aromatic nitrogens is 3. The minimum atomic E-state index is -0.854. The van der Waals surface area contributed by atoms with Gasteiger partial charge in [0.1, 0.15) is 5.25 Å². The third-order valence-corrected chi connectivity index (χ3v) is 2.96. The van der Waals surface area contributed by atoms with Crippen molar-refractivity contribution >= 4 is 23.4 Å². The maximum absolute atomic E-state index is 10.7.